The largest absolute Gasteiger partial charge is 0.477 e. The lowest BCUT2D eigenvalue weighted by molar-refractivity contribution is -0.387. The molecule has 22 N–H and O–H groups in total. The Morgan fingerprint density at radius 2 is 0.866 bits per heavy atom. The average molecular weight is 1200 g/mol. The number of carboxylic acid groups (broad SMARTS) is 1. The standard InChI is InChI=1S/C45H75N3O34/c1-11(55)46-21-14(58)4-45(44(70)71,81-35(21)24(60)15(59)5-49)82-36-23(48-13(3)57)41(73-16(6-50)25(36)61)80-38-27(63)18(8-52)74-42(32(38)68)77-33-20(10-54)76-40(22(28(33)64)47-12(2)56)79-37-26(62)17(7-51)75-43(31(37)67)78-34-19(9-53)72-39(69)30(66)29(34)65/h14-43,49-54,58-69H,4-10H2,1-3H3,(H,46,55)(H,47,56)(H,48,57)(H,70,71)/t14-,15+,16+,17+,18+,19+,20+,21+,22+,23+,24+,25-,26-,27-,28+,29+,30+,31+,32+,33+,34+,35+,36+,37-,38-,39?,40-,41-,42-,43-,45-/m0/s1. The summed E-state index contributed by atoms with van der Waals surface area (Å²) in [5.41, 5.74) is 0. The number of amides is 3. The van der Waals surface area contributed by atoms with Crippen LogP contribution in [-0.4, -0.2) is 350 Å². The number of ether oxygens (including phenoxy) is 11. The highest BCUT2D eigenvalue weighted by Gasteiger charge is 2.62. The van der Waals surface area contributed by atoms with Crippen molar-refractivity contribution in [2.24, 2.45) is 0 Å². The van der Waals surface area contributed by atoms with Gasteiger partial charge in [-0.15, -0.1) is 0 Å². The smallest absolute Gasteiger partial charge is 0.364 e. The SMILES string of the molecule is CC(=O)N[C@H]1[C@H](O[C@H]2[C@@H](O)[C@@H](CO)O[C@@H](O[C@H]3[C@H](O)[C@@H](O)C(O)O[C@@H]3CO)[C@@H]2O)O[C@H](CO)[C@@H](O[C@@H]2O[C@H](CO)[C@H](O)[C@H](O[C@@H]3O[C@H](CO)[C@H](O)[C@H](O[C@]4(C(=O)O)C[C@H](O)[C@@H](NC(C)=O)[C@H]([C@H](O)[C@H](O)CO)O4)[C@H]3NC(C)=O)[C@H]2O)[C@@H]1O. The molecule has 6 aliphatic rings. The minimum atomic E-state index is -3.22. The van der Waals surface area contributed by atoms with Crippen LogP contribution in [0.3, 0.4) is 0 Å². The van der Waals surface area contributed by atoms with Gasteiger partial charge in [0.15, 0.2) is 31.5 Å². The maximum Gasteiger partial charge on any atom is 0.364 e. The number of carbonyl (C=O) groups excluding carboxylic acids is 3. The van der Waals surface area contributed by atoms with Crippen molar-refractivity contribution in [2.75, 3.05) is 39.6 Å². The first-order valence-corrected chi connectivity index (χ1v) is 25.7. The summed E-state index contributed by atoms with van der Waals surface area (Å²) >= 11 is 0. The maximum absolute atomic E-state index is 13.2. The minimum absolute atomic E-state index is 0.837. The van der Waals surface area contributed by atoms with E-state index in [0.717, 1.165) is 20.8 Å². The lowest BCUT2D eigenvalue weighted by Crippen LogP contribution is -2.72. The van der Waals surface area contributed by atoms with Crippen LogP contribution in [0.2, 0.25) is 0 Å². The van der Waals surface area contributed by atoms with Gasteiger partial charge in [-0.05, 0) is 0 Å². The summed E-state index contributed by atoms with van der Waals surface area (Å²) in [5, 5.41) is 212. The zero-order chi connectivity index (χ0) is 61.0. The third-order valence-electron chi connectivity index (χ3n) is 14.6. The van der Waals surface area contributed by atoms with Gasteiger partial charge >= 0.3 is 5.97 Å². The molecular weight excluding hydrogens is 1130 g/mol. The van der Waals surface area contributed by atoms with E-state index in [9.17, 15) is 116 Å². The minimum Gasteiger partial charge on any atom is -0.477 e. The van der Waals surface area contributed by atoms with E-state index in [2.05, 4.69) is 16.0 Å². The molecule has 0 aliphatic carbocycles. The molecule has 37 heteroatoms. The molecule has 1 unspecified atom stereocenters. The van der Waals surface area contributed by atoms with Crippen molar-refractivity contribution in [3.05, 3.63) is 0 Å². The molecular formula is C45H75N3O34. The topological polar surface area (TPSA) is 590 Å². The van der Waals surface area contributed by atoms with E-state index >= 15 is 0 Å². The van der Waals surface area contributed by atoms with Crippen LogP contribution in [0.15, 0.2) is 0 Å². The number of aliphatic hydroxyl groups is 18. The van der Waals surface area contributed by atoms with E-state index in [0.29, 0.717) is 0 Å². The maximum atomic E-state index is 13.2. The van der Waals surface area contributed by atoms with Gasteiger partial charge in [-0.25, -0.2) is 4.79 Å². The van der Waals surface area contributed by atoms with Gasteiger partial charge in [0.2, 0.25) is 17.7 Å². The summed E-state index contributed by atoms with van der Waals surface area (Å²) in [6.45, 7) is -3.60. The van der Waals surface area contributed by atoms with Gasteiger partial charge in [0, 0.05) is 27.2 Å². The van der Waals surface area contributed by atoms with Gasteiger partial charge in [-0.1, -0.05) is 0 Å². The predicted octanol–water partition coefficient (Wildman–Crippen LogP) is -14.5. The van der Waals surface area contributed by atoms with E-state index < -0.39 is 259 Å². The number of nitrogens with one attached hydrogen (secondary N) is 3. The Bertz CT molecular complexity index is 2090. The first-order chi connectivity index (χ1) is 38.6. The van der Waals surface area contributed by atoms with E-state index in [1.54, 1.807) is 0 Å². The number of aliphatic carboxylic acids is 1. The first kappa shape index (κ1) is 67.8. The molecule has 37 nitrogen and oxygen atoms in total. The van der Waals surface area contributed by atoms with Crippen LogP contribution in [-0.2, 0) is 71.3 Å². The lowest BCUT2D eigenvalue weighted by Gasteiger charge is -2.52. The van der Waals surface area contributed by atoms with Crippen molar-refractivity contribution >= 4 is 23.7 Å². The summed E-state index contributed by atoms with van der Waals surface area (Å²) in [4.78, 5) is 50.9. The third kappa shape index (κ3) is 14.6. The van der Waals surface area contributed by atoms with Crippen LogP contribution in [0.4, 0.5) is 0 Å². The normalized spacial score (nSPS) is 46.3. The van der Waals surface area contributed by atoms with Crippen molar-refractivity contribution in [2.45, 2.75) is 217 Å². The molecule has 0 aromatic rings. The second kappa shape index (κ2) is 28.9. The number of aliphatic hydroxyl groups excluding tert-OH is 18. The van der Waals surface area contributed by atoms with Crippen molar-refractivity contribution in [3.63, 3.8) is 0 Å². The summed E-state index contributed by atoms with van der Waals surface area (Å²) in [5.74, 6) is -8.03. The predicted molar refractivity (Wildman–Crippen MR) is 251 cm³/mol. The molecule has 31 atom stereocenters. The quantitative estimate of drug-likeness (QED) is 0.0479. The summed E-state index contributed by atoms with van der Waals surface area (Å²) in [7, 11) is 0. The molecule has 0 aromatic carbocycles. The number of rotatable bonds is 22. The van der Waals surface area contributed by atoms with Crippen LogP contribution in [0, 0.1) is 0 Å². The molecule has 0 radical (unpaired) electrons. The fraction of sp³-hybridized carbons (Fsp3) is 0.911. The van der Waals surface area contributed by atoms with E-state index in [-0.39, 0.29) is 0 Å². The van der Waals surface area contributed by atoms with Crippen LogP contribution in [0.5, 0.6) is 0 Å². The molecule has 0 saturated carbocycles. The Morgan fingerprint density at radius 1 is 0.476 bits per heavy atom. The van der Waals surface area contributed by atoms with Crippen LogP contribution in [0.25, 0.3) is 0 Å². The summed E-state index contributed by atoms with van der Waals surface area (Å²) in [6.07, 6.45) is -56.0. The van der Waals surface area contributed by atoms with Gasteiger partial charge < -0.3 is 165 Å². The van der Waals surface area contributed by atoms with E-state index in [1.165, 1.54) is 0 Å². The second-order valence-electron chi connectivity index (χ2n) is 20.4. The number of hydrogen-bond donors (Lipinski definition) is 22. The van der Waals surface area contributed by atoms with Crippen molar-refractivity contribution in [1.82, 2.24) is 16.0 Å². The van der Waals surface area contributed by atoms with Crippen molar-refractivity contribution in [3.8, 4) is 0 Å². The van der Waals surface area contributed by atoms with Crippen LogP contribution < -0.4 is 16.0 Å². The molecule has 474 valence electrons. The summed E-state index contributed by atoms with van der Waals surface area (Å²) in [6, 6.07) is -5.56. The Balaban J connectivity index is 1.27. The highest BCUT2D eigenvalue weighted by atomic mass is 16.8. The van der Waals surface area contributed by atoms with Crippen LogP contribution >= 0.6 is 0 Å². The third-order valence-corrected chi connectivity index (χ3v) is 14.6. The zero-order valence-electron chi connectivity index (χ0n) is 43.9. The Labute approximate surface area is 463 Å². The number of carboxylic acids is 1. The highest BCUT2D eigenvalue weighted by Crippen LogP contribution is 2.40. The highest BCUT2D eigenvalue weighted by molar-refractivity contribution is 5.77. The zero-order valence-corrected chi connectivity index (χ0v) is 43.9. The molecule has 6 saturated heterocycles. The second-order valence-corrected chi connectivity index (χ2v) is 20.4. The van der Waals surface area contributed by atoms with E-state index in [4.69, 9.17) is 52.1 Å². The van der Waals surface area contributed by atoms with Gasteiger partial charge in [-0.3, -0.25) is 14.4 Å². The van der Waals surface area contributed by atoms with Gasteiger partial charge in [0.25, 0.3) is 5.79 Å². The monoisotopic (exact) mass is 1200 g/mol. The molecule has 0 aromatic heterocycles. The Morgan fingerprint density at radius 3 is 1.32 bits per heavy atom. The van der Waals surface area contributed by atoms with Gasteiger partial charge in [-0.2, -0.15) is 0 Å². The fourth-order valence-corrected chi connectivity index (χ4v) is 10.4. The van der Waals surface area contributed by atoms with E-state index in [1.807, 2.05) is 0 Å². The molecule has 6 aliphatic heterocycles. The van der Waals surface area contributed by atoms with Gasteiger partial charge in [0.05, 0.1) is 51.8 Å². The molecule has 82 heavy (non-hydrogen) atoms. The van der Waals surface area contributed by atoms with Crippen molar-refractivity contribution in [1.29, 1.82) is 0 Å². The molecule has 6 heterocycles. The number of hydrogen-bond acceptors (Lipinski definition) is 33. The van der Waals surface area contributed by atoms with Crippen LogP contribution in [0.1, 0.15) is 27.2 Å². The molecule has 0 spiro atoms. The lowest BCUT2D eigenvalue weighted by atomic mass is 9.88. The molecule has 6 rings (SSSR count). The fourth-order valence-electron chi connectivity index (χ4n) is 10.4. The Hall–Kier alpha value is -3.28. The first-order valence-electron chi connectivity index (χ1n) is 25.7. The molecule has 3 amide bonds. The molecule has 0 bridgehead atoms. The molecule has 6 fully saturated rings. The Kier molecular flexibility index (Phi) is 23.9. The summed E-state index contributed by atoms with van der Waals surface area (Å²) < 4.78 is 63.0. The average Bonchev–Trinajstić information content (AvgIpc) is 3.43. The van der Waals surface area contributed by atoms with Crippen molar-refractivity contribution < 1.29 is 168 Å². The number of carbonyl (C=O) groups is 4. The van der Waals surface area contributed by atoms with Gasteiger partial charge in [0.1, 0.15) is 140 Å².